The van der Waals surface area contributed by atoms with Gasteiger partial charge in [0.1, 0.15) is 11.6 Å². The van der Waals surface area contributed by atoms with Crippen molar-refractivity contribution >= 4 is 5.91 Å². The molecule has 2 aliphatic rings. The molecule has 2 N–H and O–H groups in total. The van der Waals surface area contributed by atoms with E-state index in [1.54, 1.807) is 4.90 Å². The fourth-order valence-corrected chi connectivity index (χ4v) is 2.32. The largest absolute Gasteiger partial charge is 0.335 e. The Morgan fingerprint density at radius 2 is 2.05 bits per heavy atom. The highest BCUT2D eigenvalue weighted by Crippen LogP contribution is 2.36. The third-order valence-electron chi connectivity index (χ3n) is 3.78. The van der Waals surface area contributed by atoms with E-state index in [9.17, 15) is 13.6 Å². The first-order valence-corrected chi connectivity index (χ1v) is 6.56. The number of nitrogens with two attached hydrogens (primary N) is 1. The van der Waals surface area contributed by atoms with Crippen molar-refractivity contribution in [2.45, 2.75) is 37.9 Å². The van der Waals surface area contributed by atoms with Crippen molar-refractivity contribution in [1.29, 1.82) is 0 Å². The standard InChI is InChI=1S/C14H16F2N2O/c15-9-2-1-8(12(16)5-9)7-18(10-3-4-10)14(19)11-6-13(11)17/h1-2,5,10-11,13H,3-4,6-7,17H2. The summed E-state index contributed by atoms with van der Waals surface area (Å²) in [6.07, 6.45) is 2.63. The van der Waals surface area contributed by atoms with Crippen molar-refractivity contribution < 1.29 is 13.6 Å². The van der Waals surface area contributed by atoms with Crippen LogP contribution in [0.2, 0.25) is 0 Å². The Kier molecular flexibility index (Phi) is 3.01. The number of rotatable bonds is 4. The third kappa shape index (κ3) is 2.61. The van der Waals surface area contributed by atoms with Gasteiger partial charge in [-0.2, -0.15) is 0 Å². The molecule has 102 valence electrons. The summed E-state index contributed by atoms with van der Waals surface area (Å²) in [5, 5.41) is 0. The van der Waals surface area contributed by atoms with Gasteiger partial charge in [-0.1, -0.05) is 6.07 Å². The monoisotopic (exact) mass is 266 g/mol. The summed E-state index contributed by atoms with van der Waals surface area (Å²) in [5.74, 6) is -1.30. The number of hydrogen-bond acceptors (Lipinski definition) is 2. The summed E-state index contributed by atoms with van der Waals surface area (Å²) < 4.78 is 26.5. The van der Waals surface area contributed by atoms with Crippen molar-refractivity contribution in [2.24, 2.45) is 11.7 Å². The Balaban J connectivity index is 1.76. The highest BCUT2D eigenvalue weighted by atomic mass is 19.1. The maximum absolute atomic E-state index is 13.6. The van der Waals surface area contributed by atoms with Crippen LogP contribution in [0, 0.1) is 17.6 Å². The zero-order chi connectivity index (χ0) is 13.6. The van der Waals surface area contributed by atoms with Gasteiger partial charge in [0.05, 0.1) is 5.92 Å². The normalized spacial score (nSPS) is 25.2. The van der Waals surface area contributed by atoms with Crippen molar-refractivity contribution in [3.63, 3.8) is 0 Å². The number of hydrogen-bond donors (Lipinski definition) is 1. The second-order valence-corrected chi connectivity index (χ2v) is 5.44. The average molecular weight is 266 g/mol. The van der Waals surface area contributed by atoms with Gasteiger partial charge in [0.2, 0.25) is 5.91 Å². The third-order valence-corrected chi connectivity index (χ3v) is 3.78. The van der Waals surface area contributed by atoms with Crippen LogP contribution in [-0.2, 0) is 11.3 Å². The minimum Gasteiger partial charge on any atom is -0.335 e. The van der Waals surface area contributed by atoms with Crippen molar-refractivity contribution in [3.8, 4) is 0 Å². The maximum Gasteiger partial charge on any atom is 0.227 e. The molecule has 5 heteroatoms. The van der Waals surface area contributed by atoms with E-state index in [-0.39, 0.29) is 30.5 Å². The molecule has 0 saturated heterocycles. The van der Waals surface area contributed by atoms with E-state index < -0.39 is 11.6 Å². The van der Waals surface area contributed by atoms with E-state index in [0.717, 1.165) is 18.9 Å². The van der Waals surface area contributed by atoms with Crippen LogP contribution < -0.4 is 5.73 Å². The summed E-state index contributed by atoms with van der Waals surface area (Å²) in [6, 6.07) is 3.63. The molecular weight excluding hydrogens is 250 g/mol. The first-order valence-electron chi connectivity index (χ1n) is 6.56. The molecule has 1 aromatic carbocycles. The molecular formula is C14H16F2N2O. The van der Waals surface area contributed by atoms with E-state index in [2.05, 4.69) is 0 Å². The number of carbonyl (C=O) groups is 1. The van der Waals surface area contributed by atoms with Gasteiger partial charge in [-0.25, -0.2) is 8.78 Å². The first-order chi connectivity index (χ1) is 9.06. The van der Waals surface area contributed by atoms with Crippen LogP contribution in [0.15, 0.2) is 18.2 Å². The topological polar surface area (TPSA) is 46.3 Å². The minimum absolute atomic E-state index is 0.0127. The van der Waals surface area contributed by atoms with Gasteiger partial charge in [0.15, 0.2) is 0 Å². The van der Waals surface area contributed by atoms with Gasteiger partial charge in [-0.05, 0) is 25.3 Å². The maximum atomic E-state index is 13.6. The van der Waals surface area contributed by atoms with Crippen LogP contribution in [-0.4, -0.2) is 22.9 Å². The molecule has 2 fully saturated rings. The molecule has 1 aromatic rings. The van der Waals surface area contributed by atoms with E-state index in [1.165, 1.54) is 12.1 Å². The lowest BCUT2D eigenvalue weighted by Crippen LogP contribution is -2.35. The van der Waals surface area contributed by atoms with Gasteiger partial charge in [-0.15, -0.1) is 0 Å². The summed E-state index contributed by atoms with van der Waals surface area (Å²) in [5.41, 5.74) is 6.06. The Labute approximate surface area is 110 Å². The predicted molar refractivity (Wildman–Crippen MR) is 66.0 cm³/mol. The van der Waals surface area contributed by atoms with E-state index in [1.807, 2.05) is 0 Å². The summed E-state index contributed by atoms with van der Waals surface area (Å²) in [4.78, 5) is 13.9. The molecule has 0 spiro atoms. The molecule has 1 amide bonds. The van der Waals surface area contributed by atoms with Crippen molar-refractivity contribution in [1.82, 2.24) is 4.90 Å². The smallest absolute Gasteiger partial charge is 0.227 e. The highest BCUT2D eigenvalue weighted by molar-refractivity contribution is 5.83. The van der Waals surface area contributed by atoms with Crippen LogP contribution in [0.5, 0.6) is 0 Å². The van der Waals surface area contributed by atoms with Crippen LogP contribution >= 0.6 is 0 Å². The van der Waals surface area contributed by atoms with Crippen LogP contribution in [0.25, 0.3) is 0 Å². The summed E-state index contributed by atoms with van der Waals surface area (Å²) in [6.45, 7) is 0.207. The minimum atomic E-state index is -0.602. The Bertz CT molecular complexity index is 516. The lowest BCUT2D eigenvalue weighted by Gasteiger charge is -2.23. The lowest BCUT2D eigenvalue weighted by atomic mass is 10.1. The number of carbonyl (C=O) groups excluding carboxylic acids is 1. The summed E-state index contributed by atoms with van der Waals surface area (Å²) >= 11 is 0. The summed E-state index contributed by atoms with van der Waals surface area (Å²) in [7, 11) is 0. The quantitative estimate of drug-likeness (QED) is 0.903. The highest BCUT2D eigenvalue weighted by Gasteiger charge is 2.45. The molecule has 0 bridgehead atoms. The molecule has 0 aromatic heterocycles. The predicted octanol–water partition coefficient (Wildman–Crippen LogP) is 1.80. The Morgan fingerprint density at radius 1 is 1.37 bits per heavy atom. The van der Waals surface area contributed by atoms with Gasteiger partial charge in [-0.3, -0.25) is 4.79 Å². The molecule has 0 radical (unpaired) electrons. The van der Waals surface area contributed by atoms with Crippen molar-refractivity contribution in [2.75, 3.05) is 0 Å². The fraction of sp³-hybridized carbons (Fsp3) is 0.500. The molecule has 3 rings (SSSR count). The van der Waals surface area contributed by atoms with Gasteiger partial charge in [0, 0.05) is 30.3 Å². The van der Waals surface area contributed by atoms with Gasteiger partial charge in [0.25, 0.3) is 0 Å². The van der Waals surface area contributed by atoms with E-state index in [0.29, 0.717) is 12.0 Å². The van der Waals surface area contributed by atoms with Gasteiger partial charge >= 0.3 is 0 Å². The number of halogens is 2. The van der Waals surface area contributed by atoms with E-state index in [4.69, 9.17) is 5.73 Å². The molecule has 0 heterocycles. The first kappa shape index (κ1) is 12.5. The second kappa shape index (κ2) is 4.56. The molecule has 0 aliphatic heterocycles. The SMILES string of the molecule is NC1CC1C(=O)N(Cc1ccc(F)cc1F)C1CC1. The molecule has 2 unspecified atom stereocenters. The Morgan fingerprint density at radius 3 is 2.58 bits per heavy atom. The molecule has 19 heavy (non-hydrogen) atoms. The van der Waals surface area contributed by atoms with Crippen molar-refractivity contribution in [3.05, 3.63) is 35.4 Å². The molecule has 3 nitrogen and oxygen atoms in total. The molecule has 2 atom stereocenters. The number of nitrogens with zero attached hydrogens (tertiary/aromatic N) is 1. The van der Waals surface area contributed by atoms with Crippen LogP contribution in [0.4, 0.5) is 8.78 Å². The van der Waals surface area contributed by atoms with Crippen LogP contribution in [0.1, 0.15) is 24.8 Å². The molecule has 2 aliphatic carbocycles. The fourth-order valence-electron chi connectivity index (χ4n) is 2.32. The number of benzene rings is 1. The van der Waals surface area contributed by atoms with Crippen LogP contribution in [0.3, 0.4) is 0 Å². The zero-order valence-electron chi connectivity index (χ0n) is 10.5. The Hall–Kier alpha value is -1.49. The van der Waals surface area contributed by atoms with Gasteiger partial charge < -0.3 is 10.6 Å². The molecule has 2 saturated carbocycles. The average Bonchev–Trinajstić information content (AvgIpc) is 3.23. The zero-order valence-corrected chi connectivity index (χ0v) is 10.5. The lowest BCUT2D eigenvalue weighted by molar-refractivity contribution is -0.133. The van der Waals surface area contributed by atoms with E-state index >= 15 is 0 Å². The number of amides is 1. The second-order valence-electron chi connectivity index (χ2n) is 5.44.